The zero-order chi connectivity index (χ0) is 12.8. The van der Waals surface area contributed by atoms with Crippen LogP contribution in [0.3, 0.4) is 0 Å². The van der Waals surface area contributed by atoms with E-state index in [1.54, 1.807) is 32.2 Å². The zero-order valence-electron chi connectivity index (χ0n) is 10.1. The molecule has 0 radical (unpaired) electrons. The van der Waals surface area contributed by atoms with Crippen molar-refractivity contribution in [3.63, 3.8) is 0 Å². The normalized spacial score (nSPS) is 11.2. The lowest BCUT2D eigenvalue weighted by Gasteiger charge is -2.17. The number of amides is 1. The second kappa shape index (κ2) is 5.75. The molecule has 0 fully saturated rings. The van der Waals surface area contributed by atoms with Crippen LogP contribution in [0.5, 0.6) is 5.75 Å². The number of anilines is 1. The SMILES string of the molecule is CNC(=O)C(C)Nc1c(C#N)cccc1OC. The molecule has 1 unspecified atom stereocenters. The van der Waals surface area contributed by atoms with Gasteiger partial charge in [-0.3, -0.25) is 4.79 Å². The fourth-order valence-corrected chi connectivity index (χ4v) is 1.44. The number of nitrogens with zero attached hydrogens (tertiary/aromatic N) is 1. The van der Waals surface area contributed by atoms with E-state index >= 15 is 0 Å². The van der Waals surface area contributed by atoms with Crippen LogP contribution in [0.2, 0.25) is 0 Å². The Morgan fingerprint density at radius 3 is 2.76 bits per heavy atom. The second-order valence-corrected chi connectivity index (χ2v) is 3.47. The van der Waals surface area contributed by atoms with Gasteiger partial charge in [0.1, 0.15) is 17.9 Å². The number of nitriles is 1. The van der Waals surface area contributed by atoms with Crippen molar-refractivity contribution in [3.8, 4) is 11.8 Å². The molecule has 0 aliphatic rings. The molecule has 17 heavy (non-hydrogen) atoms. The molecule has 1 atom stereocenters. The van der Waals surface area contributed by atoms with Gasteiger partial charge >= 0.3 is 0 Å². The van der Waals surface area contributed by atoms with Gasteiger partial charge in [-0.05, 0) is 19.1 Å². The van der Waals surface area contributed by atoms with Gasteiger partial charge in [-0.1, -0.05) is 6.07 Å². The molecule has 1 aromatic rings. The fourth-order valence-electron chi connectivity index (χ4n) is 1.44. The van der Waals surface area contributed by atoms with Crippen LogP contribution < -0.4 is 15.4 Å². The molecule has 0 saturated carbocycles. The zero-order valence-corrected chi connectivity index (χ0v) is 10.1. The maximum atomic E-state index is 11.4. The Morgan fingerprint density at radius 2 is 2.24 bits per heavy atom. The molecular formula is C12H15N3O2. The highest BCUT2D eigenvalue weighted by molar-refractivity contribution is 5.85. The summed E-state index contributed by atoms with van der Waals surface area (Å²) in [7, 11) is 3.08. The monoisotopic (exact) mass is 233 g/mol. The number of rotatable bonds is 4. The largest absolute Gasteiger partial charge is 0.495 e. The molecule has 0 aliphatic carbocycles. The molecule has 2 N–H and O–H groups in total. The van der Waals surface area contributed by atoms with E-state index < -0.39 is 6.04 Å². The molecule has 1 rings (SSSR count). The van der Waals surface area contributed by atoms with Crippen molar-refractivity contribution in [2.24, 2.45) is 0 Å². The summed E-state index contributed by atoms with van der Waals surface area (Å²) in [5.74, 6) is 0.389. The minimum atomic E-state index is -0.441. The number of carbonyl (C=O) groups is 1. The minimum absolute atomic E-state index is 0.153. The summed E-state index contributed by atoms with van der Waals surface area (Å²) in [5, 5.41) is 14.5. The highest BCUT2D eigenvalue weighted by Gasteiger charge is 2.15. The molecule has 1 amide bonds. The minimum Gasteiger partial charge on any atom is -0.495 e. The highest BCUT2D eigenvalue weighted by atomic mass is 16.5. The van der Waals surface area contributed by atoms with Crippen molar-refractivity contribution < 1.29 is 9.53 Å². The van der Waals surface area contributed by atoms with Crippen LogP contribution in [0.25, 0.3) is 0 Å². The summed E-state index contributed by atoms with van der Waals surface area (Å²) in [6.45, 7) is 1.71. The maximum Gasteiger partial charge on any atom is 0.241 e. The van der Waals surface area contributed by atoms with Crippen molar-refractivity contribution in [1.82, 2.24) is 5.32 Å². The second-order valence-electron chi connectivity index (χ2n) is 3.47. The first-order valence-corrected chi connectivity index (χ1v) is 5.19. The summed E-state index contributed by atoms with van der Waals surface area (Å²) in [4.78, 5) is 11.4. The molecule has 0 aliphatic heterocycles. The molecule has 0 aromatic heterocycles. The number of para-hydroxylation sites is 1. The average Bonchev–Trinajstić information content (AvgIpc) is 2.37. The van der Waals surface area contributed by atoms with E-state index in [1.807, 2.05) is 0 Å². The third-order valence-corrected chi connectivity index (χ3v) is 2.37. The number of methoxy groups -OCH3 is 1. The summed E-state index contributed by atoms with van der Waals surface area (Å²) < 4.78 is 5.16. The number of likely N-dealkylation sites (N-methyl/N-ethyl adjacent to an activating group) is 1. The first kappa shape index (κ1) is 12.8. The van der Waals surface area contributed by atoms with Gasteiger partial charge < -0.3 is 15.4 Å². The van der Waals surface area contributed by atoms with Gasteiger partial charge in [0, 0.05) is 7.05 Å². The number of nitrogens with one attached hydrogen (secondary N) is 2. The van der Waals surface area contributed by atoms with Crippen LogP contribution in [0.15, 0.2) is 18.2 Å². The van der Waals surface area contributed by atoms with Crippen molar-refractivity contribution in [2.45, 2.75) is 13.0 Å². The van der Waals surface area contributed by atoms with E-state index in [0.717, 1.165) is 0 Å². The van der Waals surface area contributed by atoms with Crippen molar-refractivity contribution in [1.29, 1.82) is 5.26 Å². The molecule has 0 saturated heterocycles. The Bertz CT molecular complexity index is 452. The average molecular weight is 233 g/mol. The van der Waals surface area contributed by atoms with Crippen LogP contribution in [-0.4, -0.2) is 26.1 Å². The van der Waals surface area contributed by atoms with Crippen molar-refractivity contribution in [3.05, 3.63) is 23.8 Å². The predicted molar refractivity (Wildman–Crippen MR) is 64.9 cm³/mol. The first-order chi connectivity index (χ1) is 8.13. The topological polar surface area (TPSA) is 74.2 Å². The number of carbonyl (C=O) groups excluding carboxylic acids is 1. The number of benzene rings is 1. The van der Waals surface area contributed by atoms with E-state index in [2.05, 4.69) is 16.7 Å². The van der Waals surface area contributed by atoms with Crippen LogP contribution >= 0.6 is 0 Å². The number of hydrogen-bond acceptors (Lipinski definition) is 4. The number of hydrogen-bond donors (Lipinski definition) is 2. The van der Waals surface area contributed by atoms with Gasteiger partial charge in [-0.2, -0.15) is 5.26 Å². The maximum absolute atomic E-state index is 11.4. The van der Waals surface area contributed by atoms with Gasteiger partial charge in [0.05, 0.1) is 18.4 Å². The van der Waals surface area contributed by atoms with Gasteiger partial charge in [0.15, 0.2) is 0 Å². The van der Waals surface area contributed by atoms with E-state index in [4.69, 9.17) is 10.00 Å². The van der Waals surface area contributed by atoms with Crippen LogP contribution in [0.1, 0.15) is 12.5 Å². The molecule has 1 aromatic carbocycles. The quantitative estimate of drug-likeness (QED) is 0.817. The summed E-state index contributed by atoms with van der Waals surface area (Å²) >= 11 is 0. The lowest BCUT2D eigenvalue weighted by molar-refractivity contribution is -0.121. The fraction of sp³-hybridized carbons (Fsp3) is 0.333. The molecule has 90 valence electrons. The first-order valence-electron chi connectivity index (χ1n) is 5.19. The Labute approximate surface area is 100 Å². The molecule has 5 nitrogen and oxygen atoms in total. The molecular weight excluding hydrogens is 218 g/mol. The van der Waals surface area contributed by atoms with Crippen molar-refractivity contribution in [2.75, 3.05) is 19.5 Å². The third-order valence-electron chi connectivity index (χ3n) is 2.37. The Morgan fingerprint density at radius 1 is 1.53 bits per heavy atom. The van der Waals surface area contributed by atoms with E-state index in [1.165, 1.54) is 7.11 Å². The van der Waals surface area contributed by atoms with E-state index in [-0.39, 0.29) is 5.91 Å². The van der Waals surface area contributed by atoms with Gasteiger partial charge in [-0.25, -0.2) is 0 Å². The smallest absolute Gasteiger partial charge is 0.241 e. The lowest BCUT2D eigenvalue weighted by atomic mass is 10.1. The molecule has 0 heterocycles. The molecule has 5 heteroatoms. The van der Waals surface area contributed by atoms with Crippen molar-refractivity contribution >= 4 is 11.6 Å². The van der Waals surface area contributed by atoms with Gasteiger partial charge in [0.25, 0.3) is 0 Å². The Hall–Kier alpha value is -2.22. The number of ether oxygens (including phenoxy) is 1. The Balaban J connectivity index is 3.04. The third kappa shape index (κ3) is 2.88. The van der Waals surface area contributed by atoms with Crippen LogP contribution in [0.4, 0.5) is 5.69 Å². The summed E-state index contributed by atoms with van der Waals surface area (Å²) in [5.41, 5.74) is 0.980. The van der Waals surface area contributed by atoms with E-state index in [0.29, 0.717) is 17.0 Å². The van der Waals surface area contributed by atoms with E-state index in [9.17, 15) is 4.79 Å². The summed E-state index contributed by atoms with van der Waals surface area (Å²) in [6.07, 6.45) is 0. The Kier molecular flexibility index (Phi) is 4.35. The molecule has 0 spiro atoms. The summed E-state index contributed by atoms with van der Waals surface area (Å²) in [6, 6.07) is 6.75. The van der Waals surface area contributed by atoms with Gasteiger partial charge in [-0.15, -0.1) is 0 Å². The standard InChI is InChI=1S/C12H15N3O2/c1-8(12(16)14-2)15-11-9(7-13)5-4-6-10(11)17-3/h4-6,8,15H,1-3H3,(H,14,16). The highest BCUT2D eigenvalue weighted by Crippen LogP contribution is 2.28. The van der Waals surface area contributed by atoms with Crippen LogP contribution in [-0.2, 0) is 4.79 Å². The van der Waals surface area contributed by atoms with Gasteiger partial charge in [0.2, 0.25) is 5.91 Å². The molecule has 0 bridgehead atoms. The predicted octanol–water partition coefficient (Wildman–Crippen LogP) is 1.11. The lowest BCUT2D eigenvalue weighted by Crippen LogP contribution is -2.35. The van der Waals surface area contributed by atoms with Crippen LogP contribution in [0, 0.1) is 11.3 Å².